The summed E-state index contributed by atoms with van der Waals surface area (Å²) in [5.41, 5.74) is 1.14. The highest BCUT2D eigenvalue weighted by molar-refractivity contribution is 5.04. The summed E-state index contributed by atoms with van der Waals surface area (Å²) in [7, 11) is 1.92. The highest BCUT2D eigenvalue weighted by Gasteiger charge is 1.99. The smallest absolute Gasteiger partial charge is 0.128 e. The minimum absolute atomic E-state index is 0.718. The number of nitrogens with one attached hydrogen (secondary N) is 1. The molecule has 0 saturated carbocycles. The Morgan fingerprint density at radius 3 is 2.43 bits per heavy atom. The van der Waals surface area contributed by atoms with Gasteiger partial charge in [0.2, 0.25) is 0 Å². The molecule has 3 heteroatoms. The Kier molecular flexibility index (Phi) is 4.53. The first-order chi connectivity index (χ1) is 6.72. The Morgan fingerprint density at radius 1 is 1.29 bits per heavy atom. The van der Waals surface area contributed by atoms with E-state index in [9.17, 15) is 0 Å². The van der Waals surface area contributed by atoms with E-state index >= 15 is 0 Å². The number of hydrogen-bond acceptors (Lipinski definition) is 3. The van der Waals surface area contributed by atoms with E-state index in [1.54, 1.807) is 0 Å². The maximum atomic E-state index is 4.32. The van der Waals surface area contributed by atoms with Crippen molar-refractivity contribution in [1.29, 1.82) is 0 Å². The van der Waals surface area contributed by atoms with Gasteiger partial charge in [-0.15, -0.1) is 0 Å². The monoisotopic (exact) mass is 193 g/mol. The molecule has 0 unspecified atom stereocenters. The lowest BCUT2D eigenvalue weighted by Crippen LogP contribution is -2.07. The zero-order valence-electron chi connectivity index (χ0n) is 9.25. The molecular weight excluding hydrogens is 174 g/mol. The minimum atomic E-state index is 0.718. The van der Waals surface area contributed by atoms with Gasteiger partial charge >= 0.3 is 0 Å². The van der Waals surface area contributed by atoms with Crippen LogP contribution in [-0.2, 0) is 13.0 Å². The minimum Gasteiger partial charge on any atom is -0.316 e. The van der Waals surface area contributed by atoms with Crippen molar-refractivity contribution in [2.75, 3.05) is 7.05 Å². The van der Waals surface area contributed by atoms with Gasteiger partial charge in [-0.1, -0.05) is 13.8 Å². The lowest BCUT2D eigenvalue weighted by Gasteiger charge is -2.04. The zero-order valence-corrected chi connectivity index (χ0v) is 9.25. The fraction of sp³-hybridized carbons (Fsp3) is 0.636. The Balaban J connectivity index is 2.46. The molecule has 0 aliphatic heterocycles. The van der Waals surface area contributed by atoms with Crippen LogP contribution in [0.1, 0.15) is 31.7 Å². The summed E-state index contributed by atoms with van der Waals surface area (Å²) in [5, 5.41) is 3.07. The maximum Gasteiger partial charge on any atom is 0.128 e. The summed E-state index contributed by atoms with van der Waals surface area (Å²) in [4.78, 5) is 8.64. The number of nitrogens with zero attached hydrogens (tertiary/aromatic N) is 2. The second kappa shape index (κ2) is 5.70. The van der Waals surface area contributed by atoms with Gasteiger partial charge in [-0.3, -0.25) is 0 Å². The van der Waals surface area contributed by atoms with Gasteiger partial charge in [0.25, 0.3) is 0 Å². The summed E-state index contributed by atoms with van der Waals surface area (Å²) in [5.74, 6) is 1.68. The van der Waals surface area contributed by atoms with E-state index in [-0.39, 0.29) is 0 Å². The van der Waals surface area contributed by atoms with Crippen molar-refractivity contribution in [2.24, 2.45) is 5.92 Å². The molecule has 1 heterocycles. The lowest BCUT2D eigenvalue weighted by atomic mass is 10.1. The molecule has 1 aromatic rings. The molecule has 14 heavy (non-hydrogen) atoms. The van der Waals surface area contributed by atoms with Crippen molar-refractivity contribution in [3.63, 3.8) is 0 Å². The summed E-state index contributed by atoms with van der Waals surface area (Å²) < 4.78 is 0. The van der Waals surface area contributed by atoms with Crippen molar-refractivity contribution < 1.29 is 0 Å². The van der Waals surface area contributed by atoms with Gasteiger partial charge in [0.1, 0.15) is 5.82 Å². The van der Waals surface area contributed by atoms with Crippen molar-refractivity contribution in [3.05, 3.63) is 23.8 Å². The van der Waals surface area contributed by atoms with Gasteiger partial charge < -0.3 is 5.32 Å². The Labute approximate surface area is 86.0 Å². The third kappa shape index (κ3) is 3.83. The van der Waals surface area contributed by atoms with Crippen LogP contribution in [0.2, 0.25) is 0 Å². The molecular formula is C11H19N3. The Bertz CT molecular complexity index is 254. The molecule has 0 spiro atoms. The molecule has 1 rings (SSSR count). The number of hydrogen-bond donors (Lipinski definition) is 1. The van der Waals surface area contributed by atoms with Gasteiger partial charge in [0.15, 0.2) is 0 Å². The average molecular weight is 193 g/mol. The summed E-state index contributed by atoms with van der Waals surface area (Å²) in [6.45, 7) is 5.27. The van der Waals surface area contributed by atoms with Crippen LogP contribution in [0.3, 0.4) is 0 Å². The second-order valence-corrected chi connectivity index (χ2v) is 3.97. The fourth-order valence-corrected chi connectivity index (χ4v) is 1.22. The molecule has 0 aromatic carbocycles. The van der Waals surface area contributed by atoms with Crippen LogP contribution in [0.25, 0.3) is 0 Å². The molecule has 0 aliphatic carbocycles. The predicted molar refractivity (Wildman–Crippen MR) is 58.0 cm³/mol. The summed E-state index contributed by atoms with van der Waals surface area (Å²) >= 11 is 0. The fourth-order valence-electron chi connectivity index (χ4n) is 1.22. The molecule has 0 saturated heterocycles. The first kappa shape index (κ1) is 11.1. The van der Waals surface area contributed by atoms with Crippen molar-refractivity contribution >= 4 is 0 Å². The van der Waals surface area contributed by atoms with E-state index in [2.05, 4.69) is 29.1 Å². The highest BCUT2D eigenvalue weighted by atomic mass is 14.9. The summed E-state index contributed by atoms with van der Waals surface area (Å²) in [6, 6.07) is 0. The van der Waals surface area contributed by atoms with Gasteiger partial charge in [-0.25, -0.2) is 9.97 Å². The van der Waals surface area contributed by atoms with Crippen LogP contribution < -0.4 is 5.32 Å². The molecule has 3 nitrogen and oxygen atoms in total. The van der Waals surface area contributed by atoms with E-state index in [0.717, 1.165) is 36.7 Å². The van der Waals surface area contributed by atoms with E-state index in [4.69, 9.17) is 0 Å². The van der Waals surface area contributed by atoms with Gasteiger partial charge in [-0.2, -0.15) is 0 Å². The van der Waals surface area contributed by atoms with E-state index < -0.39 is 0 Å². The largest absolute Gasteiger partial charge is 0.316 e. The van der Waals surface area contributed by atoms with Crippen molar-refractivity contribution in [1.82, 2.24) is 15.3 Å². The highest BCUT2D eigenvalue weighted by Crippen LogP contribution is 2.05. The van der Waals surface area contributed by atoms with Crippen LogP contribution in [0.15, 0.2) is 12.4 Å². The number of aryl methyl sites for hydroxylation is 1. The molecule has 0 atom stereocenters. The van der Waals surface area contributed by atoms with E-state index in [1.807, 2.05) is 19.4 Å². The van der Waals surface area contributed by atoms with Crippen LogP contribution in [-0.4, -0.2) is 17.0 Å². The lowest BCUT2D eigenvalue weighted by molar-refractivity contribution is 0.574. The number of aromatic nitrogens is 2. The normalized spacial score (nSPS) is 10.9. The molecule has 1 N–H and O–H groups in total. The Hall–Kier alpha value is -0.960. The van der Waals surface area contributed by atoms with Crippen molar-refractivity contribution in [2.45, 2.75) is 33.2 Å². The molecule has 0 radical (unpaired) electrons. The molecule has 0 fully saturated rings. The molecule has 1 aromatic heterocycles. The third-order valence-electron chi connectivity index (χ3n) is 2.08. The maximum absolute atomic E-state index is 4.32. The van der Waals surface area contributed by atoms with Crippen LogP contribution in [0, 0.1) is 5.92 Å². The van der Waals surface area contributed by atoms with Gasteiger partial charge in [0.05, 0.1) is 0 Å². The van der Waals surface area contributed by atoms with Crippen LogP contribution in [0.5, 0.6) is 0 Å². The third-order valence-corrected chi connectivity index (χ3v) is 2.08. The summed E-state index contributed by atoms with van der Waals surface area (Å²) in [6.07, 6.45) is 5.95. The second-order valence-electron chi connectivity index (χ2n) is 3.97. The zero-order chi connectivity index (χ0) is 10.4. The number of rotatable bonds is 5. The first-order valence-corrected chi connectivity index (χ1v) is 5.16. The molecule has 0 bridgehead atoms. The van der Waals surface area contributed by atoms with Crippen molar-refractivity contribution in [3.8, 4) is 0 Å². The van der Waals surface area contributed by atoms with Gasteiger partial charge in [0, 0.05) is 30.9 Å². The Morgan fingerprint density at radius 2 is 1.93 bits per heavy atom. The van der Waals surface area contributed by atoms with Crippen LogP contribution in [0.4, 0.5) is 0 Å². The average Bonchev–Trinajstić information content (AvgIpc) is 2.17. The SMILES string of the molecule is CNCc1cnc(CCC(C)C)nc1. The first-order valence-electron chi connectivity index (χ1n) is 5.16. The topological polar surface area (TPSA) is 37.8 Å². The van der Waals surface area contributed by atoms with Crippen LogP contribution >= 0.6 is 0 Å². The quantitative estimate of drug-likeness (QED) is 0.774. The molecule has 0 amide bonds. The van der Waals surface area contributed by atoms with E-state index in [0.29, 0.717) is 0 Å². The van der Waals surface area contributed by atoms with Gasteiger partial charge in [-0.05, 0) is 19.4 Å². The predicted octanol–water partition coefficient (Wildman–Crippen LogP) is 1.78. The van der Waals surface area contributed by atoms with E-state index in [1.165, 1.54) is 0 Å². The molecule has 78 valence electrons. The standard InChI is InChI=1S/C11H19N3/c1-9(2)4-5-11-13-7-10(6-12-3)8-14-11/h7-9,12H,4-6H2,1-3H3. The molecule has 0 aliphatic rings.